The van der Waals surface area contributed by atoms with E-state index >= 15 is 0 Å². The van der Waals surface area contributed by atoms with Crippen LogP contribution in [0.5, 0.6) is 0 Å². The van der Waals surface area contributed by atoms with E-state index in [4.69, 9.17) is 4.74 Å². The van der Waals surface area contributed by atoms with Crippen molar-refractivity contribution in [2.24, 2.45) is 0 Å². The largest absolute Gasteiger partial charge is 0.465 e. The van der Waals surface area contributed by atoms with Gasteiger partial charge in [0.15, 0.2) is 0 Å². The first-order chi connectivity index (χ1) is 19.3. The smallest absolute Gasteiger partial charge is 0.430 e. The van der Waals surface area contributed by atoms with Gasteiger partial charge >= 0.3 is 18.3 Å². The van der Waals surface area contributed by atoms with Crippen molar-refractivity contribution in [2.45, 2.75) is 44.0 Å². The van der Waals surface area contributed by atoms with Crippen molar-refractivity contribution >= 4 is 5.97 Å². The lowest BCUT2D eigenvalue weighted by Crippen LogP contribution is -2.56. The molecule has 220 valence electrons. The summed E-state index contributed by atoms with van der Waals surface area (Å²) >= 11 is 0. The molecule has 1 fully saturated rings. The number of esters is 1. The van der Waals surface area contributed by atoms with Gasteiger partial charge in [-0.15, -0.1) is 0 Å². The second-order valence-corrected chi connectivity index (χ2v) is 9.81. The van der Waals surface area contributed by atoms with E-state index in [0.29, 0.717) is 49.4 Å². The second kappa shape index (κ2) is 12.2. The first-order valence-corrected chi connectivity index (χ1v) is 12.9. The Morgan fingerprint density at radius 3 is 1.93 bits per heavy atom. The van der Waals surface area contributed by atoms with Crippen molar-refractivity contribution in [1.29, 1.82) is 0 Å². The number of aromatic nitrogens is 1. The second-order valence-electron chi connectivity index (χ2n) is 9.81. The number of ether oxygens (including phenoxy) is 1. The topological polar surface area (TPSA) is 65.9 Å². The number of aliphatic hydroxyl groups is 1. The van der Waals surface area contributed by atoms with Crippen molar-refractivity contribution in [1.82, 2.24) is 14.8 Å². The van der Waals surface area contributed by atoms with Crippen LogP contribution < -0.4 is 0 Å². The van der Waals surface area contributed by atoms with Gasteiger partial charge in [-0.2, -0.15) is 26.3 Å². The number of piperazine rings is 1. The van der Waals surface area contributed by atoms with Crippen LogP contribution in [0.4, 0.5) is 26.3 Å². The van der Waals surface area contributed by atoms with Gasteiger partial charge in [0.1, 0.15) is 6.04 Å². The quantitative estimate of drug-likeness (QED) is 0.288. The molecule has 0 aliphatic carbocycles. The Labute approximate surface area is 233 Å². The summed E-state index contributed by atoms with van der Waals surface area (Å²) in [5.74, 6) is -0.318. The molecule has 2 heterocycles. The maximum atomic E-state index is 13.2. The number of benzene rings is 2. The monoisotopic (exact) mass is 581 g/mol. The Balaban J connectivity index is 1.47. The van der Waals surface area contributed by atoms with Gasteiger partial charge in [0, 0.05) is 50.7 Å². The fraction of sp³-hybridized carbons (Fsp3) is 0.379. The lowest BCUT2D eigenvalue weighted by molar-refractivity contribution is -0.376. The number of pyridine rings is 1. The highest BCUT2D eigenvalue weighted by Crippen LogP contribution is 2.50. The van der Waals surface area contributed by atoms with Crippen molar-refractivity contribution in [3.8, 4) is 11.1 Å². The summed E-state index contributed by atoms with van der Waals surface area (Å²) in [6.07, 6.45) is -8.45. The van der Waals surface area contributed by atoms with Crippen LogP contribution >= 0.6 is 0 Å². The Kier molecular flexibility index (Phi) is 9.05. The molecule has 1 atom stereocenters. The molecule has 6 nitrogen and oxygen atoms in total. The summed E-state index contributed by atoms with van der Waals surface area (Å²) in [5, 5.41) is 9.60. The molecule has 2 aromatic carbocycles. The molecule has 0 saturated carbocycles. The van der Waals surface area contributed by atoms with Crippen LogP contribution in [0.3, 0.4) is 0 Å². The molecule has 1 N–H and O–H groups in total. The molecule has 12 heteroatoms. The van der Waals surface area contributed by atoms with Gasteiger partial charge in [-0.1, -0.05) is 48.5 Å². The predicted octanol–water partition coefficient (Wildman–Crippen LogP) is 5.31. The van der Waals surface area contributed by atoms with E-state index < -0.39 is 29.6 Å². The zero-order valence-corrected chi connectivity index (χ0v) is 22.1. The standard InChI is InChI=1S/C29H29F6N3O3/c1-2-41-26(39)25-19-37(17-21-11-13-36-14-12-21)15-16-38(25)18-20-3-5-22(6-4-20)23-7-9-24(10-8-23)27(40,28(30,31)32)29(33,34)35/h3-14,25,40H,2,15-19H2,1H3. The predicted molar refractivity (Wildman–Crippen MR) is 138 cm³/mol. The molecule has 0 spiro atoms. The number of nitrogens with zero attached hydrogens (tertiary/aromatic N) is 3. The number of carbonyl (C=O) groups excluding carboxylic acids is 1. The highest BCUT2D eigenvalue weighted by Gasteiger charge is 2.71. The SMILES string of the molecule is CCOC(=O)C1CN(Cc2ccncc2)CCN1Cc1ccc(-c2ccc(C(O)(C(F)(F)F)C(F)(F)F)cc2)cc1. The molecule has 0 amide bonds. The van der Waals surface area contributed by atoms with Crippen molar-refractivity contribution in [2.75, 3.05) is 26.2 Å². The van der Waals surface area contributed by atoms with Crippen molar-refractivity contribution in [3.05, 3.63) is 89.7 Å². The summed E-state index contributed by atoms with van der Waals surface area (Å²) in [6.45, 7) is 4.93. The zero-order valence-electron chi connectivity index (χ0n) is 22.1. The van der Waals surface area contributed by atoms with Gasteiger partial charge in [-0.05, 0) is 41.3 Å². The highest BCUT2D eigenvalue weighted by atomic mass is 19.4. The first kappa shape index (κ1) is 30.5. The third-order valence-electron chi connectivity index (χ3n) is 7.09. The summed E-state index contributed by atoms with van der Waals surface area (Å²) in [5.41, 5.74) is -3.40. The van der Waals surface area contributed by atoms with E-state index in [9.17, 15) is 36.2 Å². The van der Waals surface area contributed by atoms with Crippen LogP contribution in [0, 0.1) is 0 Å². The van der Waals surface area contributed by atoms with Crippen molar-refractivity contribution in [3.63, 3.8) is 0 Å². The van der Waals surface area contributed by atoms with E-state index in [0.717, 1.165) is 29.8 Å². The summed E-state index contributed by atoms with van der Waals surface area (Å²) in [6, 6.07) is 13.8. The fourth-order valence-electron chi connectivity index (χ4n) is 4.85. The van der Waals surface area contributed by atoms with Crippen LogP contribution in [-0.2, 0) is 28.2 Å². The lowest BCUT2D eigenvalue weighted by atomic mass is 9.90. The molecule has 0 bridgehead atoms. The first-order valence-electron chi connectivity index (χ1n) is 12.9. The minimum Gasteiger partial charge on any atom is -0.465 e. The number of hydrogen-bond donors (Lipinski definition) is 1. The number of carbonyl (C=O) groups is 1. The Morgan fingerprint density at radius 2 is 1.39 bits per heavy atom. The minimum absolute atomic E-state index is 0.254. The maximum Gasteiger partial charge on any atom is 0.430 e. The third kappa shape index (κ3) is 6.71. The van der Waals surface area contributed by atoms with Gasteiger partial charge < -0.3 is 9.84 Å². The Morgan fingerprint density at radius 1 is 0.854 bits per heavy atom. The van der Waals surface area contributed by atoms with E-state index in [1.165, 1.54) is 0 Å². The lowest BCUT2D eigenvalue weighted by Gasteiger charge is -2.40. The van der Waals surface area contributed by atoms with Crippen LogP contribution in [0.25, 0.3) is 11.1 Å². The third-order valence-corrected chi connectivity index (χ3v) is 7.09. The Hall–Kier alpha value is -3.48. The molecular formula is C29H29F6N3O3. The maximum absolute atomic E-state index is 13.2. The van der Waals surface area contributed by atoms with Crippen LogP contribution in [0.15, 0.2) is 73.1 Å². The average molecular weight is 582 g/mol. The summed E-state index contributed by atoms with van der Waals surface area (Å²) in [7, 11) is 0. The number of halogens is 6. The molecule has 1 aliphatic heterocycles. The Bertz CT molecular complexity index is 1280. The molecule has 1 saturated heterocycles. The minimum atomic E-state index is -5.94. The number of hydrogen-bond acceptors (Lipinski definition) is 6. The van der Waals surface area contributed by atoms with E-state index in [-0.39, 0.29) is 12.6 Å². The summed E-state index contributed by atoms with van der Waals surface area (Å²) < 4.78 is 84.4. The summed E-state index contributed by atoms with van der Waals surface area (Å²) in [4.78, 5) is 21.0. The fourth-order valence-corrected chi connectivity index (χ4v) is 4.85. The van der Waals surface area contributed by atoms with Crippen LogP contribution in [0.1, 0.15) is 23.6 Å². The molecule has 1 aliphatic rings. The van der Waals surface area contributed by atoms with Gasteiger partial charge in [-0.3, -0.25) is 19.6 Å². The van der Waals surface area contributed by atoms with Crippen LogP contribution in [-0.4, -0.2) is 70.5 Å². The van der Waals surface area contributed by atoms with Crippen molar-refractivity contribution < 1.29 is 41.0 Å². The molecular weight excluding hydrogens is 552 g/mol. The number of alkyl halides is 6. The molecule has 4 rings (SSSR count). The molecule has 1 aromatic heterocycles. The molecule has 41 heavy (non-hydrogen) atoms. The highest BCUT2D eigenvalue weighted by molar-refractivity contribution is 5.76. The zero-order chi connectivity index (χ0) is 29.8. The van der Waals surface area contributed by atoms with Gasteiger partial charge in [0.25, 0.3) is 5.60 Å². The van der Waals surface area contributed by atoms with Gasteiger partial charge in [0.05, 0.1) is 6.61 Å². The van der Waals surface area contributed by atoms with Crippen LogP contribution in [0.2, 0.25) is 0 Å². The van der Waals surface area contributed by atoms with E-state index in [1.54, 1.807) is 43.6 Å². The molecule has 0 radical (unpaired) electrons. The van der Waals surface area contributed by atoms with Gasteiger partial charge in [0.2, 0.25) is 0 Å². The van der Waals surface area contributed by atoms with Gasteiger partial charge in [-0.25, -0.2) is 0 Å². The van der Waals surface area contributed by atoms with E-state index in [2.05, 4.69) is 9.88 Å². The molecule has 1 unspecified atom stereocenters. The van der Waals surface area contributed by atoms with E-state index in [1.807, 2.05) is 17.0 Å². The normalized spacial score (nSPS) is 17.4. The number of rotatable bonds is 8. The molecule has 3 aromatic rings. The average Bonchev–Trinajstić information content (AvgIpc) is 2.93.